The second kappa shape index (κ2) is 9.05. The first kappa shape index (κ1) is 19.4. The number of piperidine rings is 1. The van der Waals surface area contributed by atoms with Gasteiger partial charge in [0, 0.05) is 42.9 Å². The number of hydrogen-bond donors (Lipinski definition) is 2. The van der Waals surface area contributed by atoms with Gasteiger partial charge in [0.25, 0.3) is 5.91 Å². The topological polar surface area (TPSA) is 77.6 Å². The summed E-state index contributed by atoms with van der Waals surface area (Å²) in [5.74, 6) is -0.230. The molecular weight excluding hydrogens is 366 g/mol. The number of likely N-dealkylation sites (tertiary alicyclic amines) is 2. The van der Waals surface area contributed by atoms with Crippen LogP contribution in [0.15, 0.2) is 48.8 Å². The third kappa shape index (κ3) is 4.92. The molecule has 0 spiro atoms. The fraction of sp³-hybridized carbons (Fsp3) is 0.409. The Bertz CT molecular complexity index is 851. The van der Waals surface area contributed by atoms with Crippen LogP contribution in [-0.4, -0.2) is 58.9 Å². The van der Waals surface area contributed by atoms with Crippen LogP contribution in [0.5, 0.6) is 0 Å². The van der Waals surface area contributed by atoms with E-state index in [1.54, 1.807) is 30.5 Å². The van der Waals surface area contributed by atoms with Crippen LogP contribution in [0.4, 0.5) is 16.2 Å². The molecule has 2 aliphatic heterocycles. The number of carbonyl (C=O) groups is 2. The zero-order valence-corrected chi connectivity index (χ0v) is 16.5. The van der Waals surface area contributed by atoms with Crippen LogP contribution in [0.2, 0.25) is 0 Å². The van der Waals surface area contributed by atoms with Gasteiger partial charge < -0.3 is 15.5 Å². The van der Waals surface area contributed by atoms with Gasteiger partial charge in [-0.1, -0.05) is 6.07 Å². The smallest absolute Gasteiger partial charge is 0.321 e. The minimum atomic E-state index is -0.230. The molecule has 4 rings (SSSR count). The minimum absolute atomic E-state index is 0.0790. The second-order valence-corrected chi connectivity index (χ2v) is 7.69. The second-order valence-electron chi connectivity index (χ2n) is 7.69. The highest BCUT2D eigenvalue weighted by Gasteiger charge is 2.29. The zero-order valence-electron chi connectivity index (χ0n) is 16.5. The molecule has 0 unspecified atom stereocenters. The first-order valence-corrected chi connectivity index (χ1v) is 10.3. The van der Waals surface area contributed by atoms with Crippen molar-refractivity contribution in [2.45, 2.75) is 31.7 Å². The van der Waals surface area contributed by atoms with Crippen molar-refractivity contribution in [1.29, 1.82) is 0 Å². The Morgan fingerprint density at radius 2 is 1.76 bits per heavy atom. The number of hydrogen-bond acceptors (Lipinski definition) is 4. The average molecular weight is 393 g/mol. The van der Waals surface area contributed by atoms with Crippen molar-refractivity contribution in [3.8, 4) is 0 Å². The number of amides is 3. The van der Waals surface area contributed by atoms with Gasteiger partial charge in [-0.2, -0.15) is 0 Å². The molecule has 2 aliphatic rings. The number of pyridine rings is 1. The van der Waals surface area contributed by atoms with Gasteiger partial charge in [0.1, 0.15) is 0 Å². The first-order valence-electron chi connectivity index (χ1n) is 10.3. The molecular formula is C22H27N5O2. The maximum Gasteiger partial charge on any atom is 0.321 e. The highest BCUT2D eigenvalue weighted by atomic mass is 16.2. The fourth-order valence-corrected chi connectivity index (χ4v) is 4.12. The lowest BCUT2D eigenvalue weighted by Crippen LogP contribution is -2.50. The summed E-state index contributed by atoms with van der Waals surface area (Å²) in [6.07, 6.45) is 7.88. The Kier molecular flexibility index (Phi) is 6.05. The molecule has 0 bridgehead atoms. The van der Waals surface area contributed by atoms with Gasteiger partial charge in [-0.3, -0.25) is 14.7 Å². The minimum Gasteiger partial charge on any atom is -0.323 e. The van der Waals surface area contributed by atoms with Crippen molar-refractivity contribution in [2.75, 3.05) is 36.8 Å². The number of urea groups is 1. The molecule has 1 aromatic heterocycles. The molecule has 0 saturated carbocycles. The molecule has 0 radical (unpaired) electrons. The fourth-order valence-electron chi connectivity index (χ4n) is 4.12. The molecule has 0 aliphatic carbocycles. The molecule has 1 atom stereocenters. The summed E-state index contributed by atoms with van der Waals surface area (Å²) >= 11 is 0. The van der Waals surface area contributed by atoms with Crippen LogP contribution >= 0.6 is 0 Å². The number of carbonyl (C=O) groups excluding carboxylic acids is 2. The van der Waals surface area contributed by atoms with Crippen molar-refractivity contribution >= 4 is 23.3 Å². The van der Waals surface area contributed by atoms with Crippen molar-refractivity contribution < 1.29 is 9.59 Å². The summed E-state index contributed by atoms with van der Waals surface area (Å²) in [4.78, 5) is 33.5. The number of aromatic nitrogens is 1. The number of benzene rings is 1. The lowest BCUT2D eigenvalue weighted by atomic mass is 10.0. The highest BCUT2D eigenvalue weighted by molar-refractivity contribution is 6.04. The molecule has 2 N–H and O–H groups in total. The third-order valence-corrected chi connectivity index (χ3v) is 5.64. The first-order chi connectivity index (χ1) is 14.2. The van der Waals surface area contributed by atoms with Gasteiger partial charge >= 0.3 is 6.03 Å². The van der Waals surface area contributed by atoms with Gasteiger partial charge in [0.05, 0.1) is 5.56 Å². The lowest BCUT2D eigenvalue weighted by Gasteiger charge is -2.37. The normalized spacial score (nSPS) is 19.7. The SMILES string of the molecule is O=C(Nc1cccc(NC(=O)N2CCC[C@@H](N3CCCC3)C2)c1)c1cccnc1. The van der Waals surface area contributed by atoms with Crippen LogP contribution in [0.3, 0.4) is 0 Å². The molecule has 29 heavy (non-hydrogen) atoms. The Hall–Kier alpha value is -2.93. The molecule has 2 fully saturated rings. The summed E-state index contributed by atoms with van der Waals surface area (Å²) in [6.45, 7) is 3.87. The van der Waals surface area contributed by atoms with E-state index in [1.165, 1.54) is 25.5 Å². The van der Waals surface area contributed by atoms with E-state index in [0.717, 1.165) is 32.6 Å². The van der Waals surface area contributed by atoms with E-state index < -0.39 is 0 Å². The third-order valence-electron chi connectivity index (χ3n) is 5.64. The van der Waals surface area contributed by atoms with E-state index in [4.69, 9.17) is 0 Å². The van der Waals surface area contributed by atoms with Crippen LogP contribution < -0.4 is 10.6 Å². The molecule has 2 saturated heterocycles. The molecule has 3 amide bonds. The molecule has 2 aromatic rings. The van der Waals surface area contributed by atoms with Crippen LogP contribution in [0.25, 0.3) is 0 Å². The number of anilines is 2. The van der Waals surface area contributed by atoms with Crippen LogP contribution in [-0.2, 0) is 0 Å². The van der Waals surface area contributed by atoms with E-state index in [9.17, 15) is 9.59 Å². The number of nitrogens with one attached hydrogen (secondary N) is 2. The van der Waals surface area contributed by atoms with Gasteiger partial charge in [0.2, 0.25) is 0 Å². The lowest BCUT2D eigenvalue weighted by molar-refractivity contribution is 0.102. The van der Waals surface area contributed by atoms with Crippen molar-refractivity contribution in [3.63, 3.8) is 0 Å². The zero-order chi connectivity index (χ0) is 20.1. The molecule has 3 heterocycles. The van der Waals surface area contributed by atoms with Crippen molar-refractivity contribution in [2.24, 2.45) is 0 Å². The van der Waals surface area contributed by atoms with Crippen molar-refractivity contribution in [1.82, 2.24) is 14.8 Å². The van der Waals surface area contributed by atoms with Gasteiger partial charge in [0.15, 0.2) is 0 Å². The number of nitrogens with zero attached hydrogens (tertiary/aromatic N) is 3. The van der Waals surface area contributed by atoms with Gasteiger partial charge in [-0.25, -0.2) is 4.79 Å². The summed E-state index contributed by atoms with van der Waals surface area (Å²) in [5, 5.41) is 5.83. The van der Waals surface area contributed by atoms with E-state index in [0.29, 0.717) is 23.0 Å². The highest BCUT2D eigenvalue weighted by Crippen LogP contribution is 2.22. The molecule has 1 aromatic carbocycles. The Labute approximate surface area is 171 Å². The average Bonchev–Trinajstić information content (AvgIpc) is 3.30. The maximum atomic E-state index is 12.8. The van der Waals surface area contributed by atoms with Crippen LogP contribution in [0.1, 0.15) is 36.0 Å². The summed E-state index contributed by atoms with van der Waals surface area (Å²) in [7, 11) is 0. The maximum absolute atomic E-state index is 12.8. The Balaban J connectivity index is 1.36. The molecule has 7 heteroatoms. The predicted molar refractivity (Wildman–Crippen MR) is 113 cm³/mol. The summed E-state index contributed by atoms with van der Waals surface area (Å²) < 4.78 is 0. The largest absolute Gasteiger partial charge is 0.323 e. The molecule has 152 valence electrons. The quantitative estimate of drug-likeness (QED) is 0.834. The predicted octanol–water partition coefficient (Wildman–Crippen LogP) is 3.43. The molecule has 7 nitrogen and oxygen atoms in total. The van der Waals surface area contributed by atoms with E-state index >= 15 is 0 Å². The van der Waals surface area contributed by atoms with E-state index in [-0.39, 0.29) is 11.9 Å². The Morgan fingerprint density at radius 3 is 2.52 bits per heavy atom. The van der Waals surface area contributed by atoms with Crippen LogP contribution in [0, 0.1) is 0 Å². The standard InChI is InChI=1S/C22H27N5O2/c28-21(17-6-4-10-23-15-17)24-18-7-3-8-19(14-18)25-22(29)27-13-5-9-20(16-27)26-11-1-2-12-26/h3-4,6-8,10,14-15,20H,1-2,5,9,11-13,16H2,(H,24,28)(H,25,29)/t20-/m1/s1. The monoisotopic (exact) mass is 393 g/mol. The van der Waals surface area contributed by atoms with Crippen molar-refractivity contribution in [3.05, 3.63) is 54.4 Å². The summed E-state index contributed by atoms with van der Waals surface area (Å²) in [6, 6.07) is 11.0. The van der Waals surface area contributed by atoms with Gasteiger partial charge in [-0.05, 0) is 69.1 Å². The Morgan fingerprint density at radius 1 is 0.966 bits per heavy atom. The van der Waals surface area contributed by atoms with E-state index in [2.05, 4.69) is 20.5 Å². The number of rotatable bonds is 4. The summed E-state index contributed by atoms with van der Waals surface area (Å²) in [5.41, 5.74) is 1.79. The van der Waals surface area contributed by atoms with E-state index in [1.807, 2.05) is 17.0 Å². The van der Waals surface area contributed by atoms with Gasteiger partial charge in [-0.15, -0.1) is 0 Å².